The van der Waals surface area contributed by atoms with Crippen molar-refractivity contribution >= 4 is 40.4 Å². The second-order valence-electron chi connectivity index (χ2n) is 8.52. The summed E-state index contributed by atoms with van der Waals surface area (Å²) in [4.78, 5) is 30.4. The molecule has 0 bridgehead atoms. The number of hydrogen-bond donors (Lipinski definition) is 0. The van der Waals surface area contributed by atoms with Crippen molar-refractivity contribution in [3.8, 4) is 0 Å². The minimum Gasteiger partial charge on any atom is -0.272 e. The van der Waals surface area contributed by atoms with E-state index in [2.05, 4.69) is 12.1 Å². The van der Waals surface area contributed by atoms with Crippen LogP contribution in [0.5, 0.6) is 0 Å². The number of aryl methyl sites for hydroxylation is 1. The Hall–Kier alpha value is -3.81. The minimum atomic E-state index is -0.457. The van der Waals surface area contributed by atoms with Gasteiger partial charge < -0.3 is 0 Å². The van der Waals surface area contributed by atoms with Crippen LogP contribution in [0.1, 0.15) is 34.7 Å². The quantitative estimate of drug-likeness (QED) is 0.298. The normalized spacial score (nSPS) is 16.8. The van der Waals surface area contributed by atoms with Crippen LogP contribution in [0, 0.1) is 10.1 Å². The van der Waals surface area contributed by atoms with Crippen molar-refractivity contribution in [3.63, 3.8) is 0 Å². The molecular formula is C27H18ClN3O3S. The first-order valence-electron chi connectivity index (χ1n) is 11.1. The lowest BCUT2D eigenvalue weighted by molar-refractivity contribution is -0.384. The van der Waals surface area contributed by atoms with Gasteiger partial charge in [0.2, 0.25) is 0 Å². The Labute approximate surface area is 208 Å². The summed E-state index contributed by atoms with van der Waals surface area (Å²) in [5.74, 6) is 0. The van der Waals surface area contributed by atoms with Gasteiger partial charge in [0.15, 0.2) is 4.80 Å². The van der Waals surface area contributed by atoms with Crippen LogP contribution in [0.25, 0.3) is 11.8 Å². The highest BCUT2D eigenvalue weighted by atomic mass is 35.5. The molecule has 0 fully saturated rings. The van der Waals surface area contributed by atoms with Crippen molar-refractivity contribution < 1.29 is 4.92 Å². The zero-order chi connectivity index (χ0) is 24.1. The monoisotopic (exact) mass is 499 g/mol. The lowest BCUT2D eigenvalue weighted by atomic mass is 9.83. The lowest BCUT2D eigenvalue weighted by Crippen LogP contribution is -2.38. The molecular weight excluding hydrogens is 482 g/mol. The number of rotatable bonds is 3. The average molecular weight is 500 g/mol. The summed E-state index contributed by atoms with van der Waals surface area (Å²) in [6, 6.07) is 21.6. The minimum absolute atomic E-state index is 0.00107. The number of nitrogens with zero attached hydrogens (tertiary/aromatic N) is 3. The van der Waals surface area contributed by atoms with Crippen LogP contribution >= 0.6 is 22.9 Å². The topological polar surface area (TPSA) is 77.5 Å². The Kier molecular flexibility index (Phi) is 5.24. The lowest BCUT2D eigenvalue weighted by Gasteiger charge is -2.30. The summed E-state index contributed by atoms with van der Waals surface area (Å²) in [6.45, 7) is 0. The van der Waals surface area contributed by atoms with E-state index in [4.69, 9.17) is 16.6 Å². The molecule has 0 unspecified atom stereocenters. The van der Waals surface area contributed by atoms with Crippen LogP contribution in [-0.2, 0) is 6.42 Å². The molecule has 0 amide bonds. The number of non-ortho nitro benzene ring substituents is 1. The number of aromatic nitrogens is 1. The predicted molar refractivity (Wildman–Crippen MR) is 137 cm³/mol. The van der Waals surface area contributed by atoms with E-state index in [1.54, 1.807) is 28.8 Å². The van der Waals surface area contributed by atoms with E-state index in [0.717, 1.165) is 35.2 Å². The molecule has 2 aliphatic rings. The molecule has 1 aliphatic heterocycles. The summed E-state index contributed by atoms with van der Waals surface area (Å²) in [5, 5.41) is 12.1. The second kappa shape index (κ2) is 8.45. The Balaban J connectivity index is 1.63. The van der Waals surface area contributed by atoms with E-state index >= 15 is 0 Å². The molecule has 3 aromatic carbocycles. The maximum absolute atomic E-state index is 13.7. The van der Waals surface area contributed by atoms with Gasteiger partial charge in [0, 0.05) is 22.7 Å². The van der Waals surface area contributed by atoms with E-state index in [-0.39, 0.29) is 11.2 Å². The first-order chi connectivity index (χ1) is 17.0. The van der Waals surface area contributed by atoms with E-state index < -0.39 is 11.0 Å². The number of thiazole rings is 1. The summed E-state index contributed by atoms with van der Waals surface area (Å²) < 4.78 is 2.24. The first kappa shape index (κ1) is 21.7. The zero-order valence-corrected chi connectivity index (χ0v) is 19.9. The predicted octanol–water partition coefficient (Wildman–Crippen LogP) is 4.88. The van der Waals surface area contributed by atoms with Gasteiger partial charge in [-0.25, -0.2) is 4.99 Å². The van der Waals surface area contributed by atoms with Gasteiger partial charge in [-0.2, -0.15) is 0 Å². The average Bonchev–Trinajstić information content (AvgIpc) is 3.18. The summed E-state index contributed by atoms with van der Waals surface area (Å²) in [5.41, 5.74) is 5.55. The number of benzene rings is 3. The summed E-state index contributed by atoms with van der Waals surface area (Å²) >= 11 is 7.34. The Morgan fingerprint density at radius 3 is 2.66 bits per heavy atom. The van der Waals surface area contributed by atoms with Crippen LogP contribution in [0.2, 0.25) is 5.02 Å². The summed E-state index contributed by atoms with van der Waals surface area (Å²) in [6.07, 6.45) is 3.39. The molecule has 172 valence electrons. The van der Waals surface area contributed by atoms with Gasteiger partial charge in [-0.05, 0) is 53.3 Å². The maximum atomic E-state index is 13.7. The second-order valence-corrected chi connectivity index (χ2v) is 9.96. The number of allylic oxidation sites excluding steroid dienone is 1. The molecule has 6 rings (SSSR count). The highest BCUT2D eigenvalue weighted by Gasteiger charge is 2.33. The molecule has 0 N–H and O–H groups in total. The Morgan fingerprint density at radius 1 is 1.06 bits per heavy atom. The molecule has 8 heteroatoms. The molecule has 0 radical (unpaired) electrons. The fourth-order valence-corrected chi connectivity index (χ4v) is 5.97. The highest BCUT2D eigenvalue weighted by molar-refractivity contribution is 7.07. The Morgan fingerprint density at radius 2 is 1.86 bits per heavy atom. The molecule has 6 nitrogen and oxygen atoms in total. The number of halogens is 1. The molecule has 35 heavy (non-hydrogen) atoms. The standard InChI is InChI=1S/C27H18ClN3O3S/c28-19-11-8-16(9-12-19)14-23-26(32)30-25(18-5-3-6-20(15-18)31(33)34)22-13-10-17-4-1-2-7-21(17)24(22)29-27(30)35-23/h1-9,11-12,14-15,25H,10,13H2/b23-14+/t25-/m1/s1. The van der Waals surface area contributed by atoms with E-state index in [1.807, 2.05) is 36.4 Å². The zero-order valence-electron chi connectivity index (χ0n) is 18.3. The van der Waals surface area contributed by atoms with Crippen LogP contribution in [0.4, 0.5) is 5.69 Å². The van der Waals surface area contributed by atoms with E-state index in [0.29, 0.717) is 19.9 Å². The number of nitro benzene ring substituents is 1. The van der Waals surface area contributed by atoms with Crippen molar-refractivity contribution in [1.82, 2.24) is 4.57 Å². The number of hydrogen-bond acceptors (Lipinski definition) is 5. The number of fused-ring (bicyclic) bond motifs is 3. The molecule has 0 saturated carbocycles. The molecule has 2 heterocycles. The molecule has 1 atom stereocenters. The molecule has 0 saturated heterocycles. The highest BCUT2D eigenvalue weighted by Crippen LogP contribution is 2.41. The molecule has 4 aromatic rings. The van der Waals surface area contributed by atoms with Gasteiger partial charge in [-0.15, -0.1) is 0 Å². The SMILES string of the molecule is O=c1/c(=C\c2ccc(Cl)cc2)sc2n1[C@H](c1cccc([N+](=O)[O-])c1)C1=C(N=2)c2ccccc2CC1. The molecule has 1 aliphatic carbocycles. The number of nitro groups is 1. The third-order valence-corrected chi connectivity index (χ3v) is 7.67. The van der Waals surface area contributed by atoms with Crippen molar-refractivity contribution in [2.24, 2.45) is 4.99 Å². The van der Waals surface area contributed by atoms with Crippen molar-refractivity contribution in [1.29, 1.82) is 0 Å². The van der Waals surface area contributed by atoms with Gasteiger partial charge in [-0.3, -0.25) is 19.5 Å². The fraction of sp³-hybridized carbons (Fsp3) is 0.111. The third-order valence-electron chi connectivity index (χ3n) is 6.44. The van der Waals surface area contributed by atoms with E-state index in [1.165, 1.54) is 23.0 Å². The van der Waals surface area contributed by atoms with Crippen molar-refractivity contribution in [3.05, 3.63) is 135 Å². The van der Waals surface area contributed by atoms with Crippen LogP contribution < -0.4 is 14.9 Å². The van der Waals surface area contributed by atoms with E-state index in [9.17, 15) is 14.9 Å². The molecule has 1 aromatic heterocycles. The van der Waals surface area contributed by atoms with Crippen molar-refractivity contribution in [2.75, 3.05) is 0 Å². The summed E-state index contributed by atoms with van der Waals surface area (Å²) in [7, 11) is 0. The largest absolute Gasteiger partial charge is 0.272 e. The van der Waals surface area contributed by atoms with Crippen molar-refractivity contribution in [2.45, 2.75) is 18.9 Å². The van der Waals surface area contributed by atoms with Gasteiger partial charge in [0.05, 0.1) is 21.2 Å². The van der Waals surface area contributed by atoms with Gasteiger partial charge in [0.25, 0.3) is 11.2 Å². The smallest absolute Gasteiger partial charge is 0.271 e. The van der Waals surface area contributed by atoms with Gasteiger partial charge in [-0.1, -0.05) is 71.5 Å². The third kappa shape index (κ3) is 3.73. The maximum Gasteiger partial charge on any atom is 0.271 e. The van der Waals surface area contributed by atoms with Crippen LogP contribution in [0.15, 0.2) is 88.2 Å². The van der Waals surface area contributed by atoms with Crippen LogP contribution in [-0.4, -0.2) is 9.49 Å². The van der Waals surface area contributed by atoms with Gasteiger partial charge in [0.1, 0.15) is 0 Å². The van der Waals surface area contributed by atoms with Gasteiger partial charge >= 0.3 is 0 Å². The molecule has 0 spiro atoms. The van der Waals surface area contributed by atoms with Crippen LogP contribution in [0.3, 0.4) is 0 Å². The first-order valence-corrected chi connectivity index (χ1v) is 12.3. The fourth-order valence-electron chi connectivity index (χ4n) is 4.84. The Bertz CT molecular complexity index is 1720.